The second kappa shape index (κ2) is 8.49. The number of nitrogens with two attached hydrogens (primary N) is 1. The SMILES string of the molecule is C[N+]1(c2ccc(NC(=O)C3=C(O)Cc4cc(CN)ccc4N=C3)c(C(F)(F)F)c2)C2CCC1CC2. The number of anilines is 1. The second-order valence-electron chi connectivity index (χ2n) is 9.75. The molecular weight excluding hydrogens is 457 g/mol. The lowest BCUT2D eigenvalue weighted by atomic mass is 10.0. The van der Waals surface area contributed by atoms with Crippen LogP contribution in [0.4, 0.5) is 30.2 Å². The molecule has 35 heavy (non-hydrogen) atoms. The lowest BCUT2D eigenvalue weighted by Crippen LogP contribution is -2.49. The number of aliphatic imine (C=N–C) groups is 1. The number of quaternary nitrogens is 1. The van der Waals surface area contributed by atoms with Crippen molar-refractivity contribution in [1.82, 2.24) is 4.48 Å². The summed E-state index contributed by atoms with van der Waals surface area (Å²) in [6.07, 6.45) is 0.626. The fraction of sp³-hybridized carbons (Fsp3) is 0.385. The van der Waals surface area contributed by atoms with Gasteiger partial charge in [-0.1, -0.05) is 12.1 Å². The van der Waals surface area contributed by atoms with Crippen LogP contribution in [-0.4, -0.2) is 36.4 Å². The summed E-state index contributed by atoms with van der Waals surface area (Å²) in [5, 5.41) is 13.0. The van der Waals surface area contributed by atoms with E-state index in [2.05, 4.69) is 10.3 Å². The van der Waals surface area contributed by atoms with Crippen LogP contribution in [0.25, 0.3) is 0 Å². The van der Waals surface area contributed by atoms with Crippen LogP contribution in [0.3, 0.4) is 0 Å². The van der Waals surface area contributed by atoms with Gasteiger partial charge in [-0.3, -0.25) is 14.3 Å². The Labute approximate surface area is 201 Å². The molecule has 0 unspecified atom stereocenters. The Morgan fingerprint density at radius 2 is 1.83 bits per heavy atom. The highest BCUT2D eigenvalue weighted by Crippen LogP contribution is 2.48. The second-order valence-corrected chi connectivity index (χ2v) is 9.75. The summed E-state index contributed by atoms with van der Waals surface area (Å²) in [5.74, 6) is -1.12. The fourth-order valence-electron chi connectivity index (χ4n) is 5.92. The minimum atomic E-state index is -4.65. The summed E-state index contributed by atoms with van der Waals surface area (Å²) in [7, 11) is 2.02. The summed E-state index contributed by atoms with van der Waals surface area (Å²) >= 11 is 0. The minimum Gasteiger partial charge on any atom is -0.511 e. The maximum absolute atomic E-state index is 14.1. The number of carbonyl (C=O) groups is 1. The van der Waals surface area contributed by atoms with Crippen molar-refractivity contribution >= 4 is 29.2 Å². The van der Waals surface area contributed by atoms with Crippen molar-refractivity contribution in [3.63, 3.8) is 0 Å². The molecule has 2 aromatic carbocycles. The van der Waals surface area contributed by atoms with E-state index in [0.29, 0.717) is 40.0 Å². The first-order valence-corrected chi connectivity index (χ1v) is 11.8. The number of benzene rings is 2. The maximum Gasteiger partial charge on any atom is 0.418 e. The number of aliphatic hydroxyl groups excluding tert-OH is 1. The molecule has 3 aliphatic rings. The van der Waals surface area contributed by atoms with Gasteiger partial charge in [0.05, 0.1) is 41.6 Å². The predicted molar refractivity (Wildman–Crippen MR) is 130 cm³/mol. The standard InChI is InChI=1S/C26H27F3N4O2/c1-33(17-3-4-18(33)6-5-17)19-7-9-23(21(12-19)26(27,28)29)32-25(35)20-14-31-22-8-2-15(13-30)10-16(22)11-24(20)34/h2,7-10,12,14,17-18H,3-6,11,13,30H2,1H3,(H-,31,32,34,35)/p+1. The number of fused-ring (bicyclic) bond motifs is 3. The van der Waals surface area contributed by atoms with Crippen LogP contribution in [0.2, 0.25) is 0 Å². The number of carbonyl (C=O) groups excluding carboxylic acids is 1. The monoisotopic (exact) mass is 485 g/mol. The molecule has 0 saturated carbocycles. The van der Waals surface area contributed by atoms with E-state index in [1.165, 1.54) is 18.3 Å². The van der Waals surface area contributed by atoms with Crippen LogP contribution in [0.1, 0.15) is 42.4 Å². The van der Waals surface area contributed by atoms with Gasteiger partial charge in [0.15, 0.2) is 0 Å². The molecule has 2 saturated heterocycles. The average molecular weight is 486 g/mol. The topological polar surface area (TPSA) is 87.7 Å². The van der Waals surface area contributed by atoms with E-state index in [4.69, 9.17) is 5.73 Å². The molecule has 9 heteroatoms. The van der Waals surface area contributed by atoms with Crippen molar-refractivity contribution in [1.29, 1.82) is 0 Å². The third kappa shape index (κ3) is 4.02. The first-order chi connectivity index (χ1) is 16.6. The van der Waals surface area contributed by atoms with Crippen LogP contribution in [0.5, 0.6) is 0 Å². The number of hydrogen-bond acceptors (Lipinski definition) is 4. The molecule has 3 heterocycles. The van der Waals surface area contributed by atoms with Crippen LogP contribution in [0, 0.1) is 0 Å². The molecule has 0 aliphatic carbocycles. The Hall–Kier alpha value is -3.17. The number of nitrogens with one attached hydrogen (secondary N) is 1. The normalized spacial score (nSPS) is 25.5. The molecule has 2 aromatic rings. The molecular formula is C26H28F3N4O2+. The molecule has 2 fully saturated rings. The number of hydrogen-bond donors (Lipinski definition) is 3. The van der Waals surface area contributed by atoms with E-state index < -0.39 is 17.6 Å². The highest BCUT2D eigenvalue weighted by Gasteiger charge is 2.53. The smallest absolute Gasteiger partial charge is 0.418 e. The third-order valence-electron chi connectivity index (χ3n) is 7.92. The Morgan fingerprint density at radius 3 is 2.46 bits per heavy atom. The molecule has 184 valence electrons. The largest absolute Gasteiger partial charge is 0.511 e. The number of alkyl halides is 3. The van der Waals surface area contributed by atoms with Gasteiger partial charge < -0.3 is 16.2 Å². The van der Waals surface area contributed by atoms with Gasteiger partial charge in [0.2, 0.25) is 0 Å². The molecule has 0 radical (unpaired) electrons. The van der Waals surface area contributed by atoms with Crippen molar-refractivity contribution in [3.05, 3.63) is 64.4 Å². The Balaban J connectivity index is 1.45. The lowest BCUT2D eigenvalue weighted by Gasteiger charge is -2.35. The van der Waals surface area contributed by atoms with Gasteiger partial charge in [-0.25, -0.2) is 0 Å². The highest BCUT2D eigenvalue weighted by molar-refractivity contribution is 6.19. The predicted octanol–water partition coefficient (Wildman–Crippen LogP) is 5.14. The first kappa shape index (κ1) is 23.6. The highest BCUT2D eigenvalue weighted by atomic mass is 19.4. The fourth-order valence-corrected chi connectivity index (χ4v) is 5.92. The summed E-state index contributed by atoms with van der Waals surface area (Å²) < 4.78 is 42.7. The van der Waals surface area contributed by atoms with Crippen molar-refractivity contribution < 1.29 is 23.1 Å². The van der Waals surface area contributed by atoms with Crippen LogP contribution in [0.15, 0.2) is 52.7 Å². The minimum absolute atomic E-state index is 0.0234. The summed E-state index contributed by atoms with van der Waals surface area (Å²) in [5.41, 5.74) is 6.97. The van der Waals surface area contributed by atoms with Gasteiger partial charge in [-0.05, 0) is 23.3 Å². The Kier molecular flexibility index (Phi) is 5.72. The van der Waals surface area contributed by atoms with Crippen LogP contribution < -0.4 is 15.5 Å². The summed E-state index contributed by atoms with van der Waals surface area (Å²) in [6, 6.07) is 10.2. The van der Waals surface area contributed by atoms with Gasteiger partial charge in [-0.2, -0.15) is 13.2 Å². The number of amides is 1. The van der Waals surface area contributed by atoms with E-state index in [9.17, 15) is 23.1 Å². The molecule has 6 nitrogen and oxygen atoms in total. The average Bonchev–Trinajstić information content (AvgIpc) is 3.24. The molecule has 0 atom stereocenters. The van der Waals surface area contributed by atoms with Crippen molar-refractivity contribution in [2.75, 3.05) is 12.4 Å². The summed E-state index contributed by atoms with van der Waals surface area (Å²) in [6.45, 7) is 0.310. The van der Waals surface area contributed by atoms with Crippen LogP contribution >= 0.6 is 0 Å². The maximum atomic E-state index is 14.1. The van der Waals surface area contributed by atoms with E-state index in [1.54, 1.807) is 24.3 Å². The Morgan fingerprint density at radius 1 is 1.14 bits per heavy atom. The molecule has 0 spiro atoms. The number of rotatable bonds is 4. The summed E-state index contributed by atoms with van der Waals surface area (Å²) in [4.78, 5) is 17.2. The molecule has 3 aliphatic heterocycles. The lowest BCUT2D eigenvalue weighted by molar-refractivity contribution is -0.137. The van der Waals surface area contributed by atoms with Gasteiger partial charge in [0.1, 0.15) is 11.4 Å². The number of nitrogens with zero attached hydrogens (tertiary/aromatic N) is 2. The number of aliphatic hydroxyl groups is 1. The third-order valence-corrected chi connectivity index (χ3v) is 7.92. The molecule has 0 aromatic heterocycles. The van der Waals surface area contributed by atoms with Crippen LogP contribution in [-0.2, 0) is 23.9 Å². The van der Waals surface area contributed by atoms with E-state index in [-0.39, 0.29) is 23.4 Å². The van der Waals surface area contributed by atoms with Crippen molar-refractivity contribution in [2.24, 2.45) is 10.7 Å². The Bertz CT molecular complexity index is 1230. The molecule has 2 bridgehead atoms. The molecule has 4 N–H and O–H groups in total. The zero-order chi connectivity index (χ0) is 25.0. The van der Waals surface area contributed by atoms with Crippen molar-refractivity contribution in [2.45, 2.75) is 56.9 Å². The van der Waals surface area contributed by atoms with Gasteiger partial charge >= 0.3 is 6.18 Å². The van der Waals surface area contributed by atoms with Gasteiger partial charge in [0, 0.05) is 57.0 Å². The molecule has 5 rings (SSSR count). The number of allylic oxidation sites excluding steroid dienone is 1. The van der Waals surface area contributed by atoms with E-state index in [0.717, 1.165) is 31.2 Å². The number of halogens is 3. The zero-order valence-corrected chi connectivity index (χ0v) is 19.4. The van der Waals surface area contributed by atoms with E-state index in [1.807, 2.05) is 7.05 Å². The van der Waals surface area contributed by atoms with Crippen molar-refractivity contribution in [3.8, 4) is 0 Å². The zero-order valence-electron chi connectivity index (χ0n) is 19.4. The van der Waals surface area contributed by atoms with Gasteiger partial charge in [0.25, 0.3) is 5.91 Å². The van der Waals surface area contributed by atoms with Gasteiger partial charge in [-0.15, -0.1) is 0 Å². The van der Waals surface area contributed by atoms with E-state index >= 15 is 0 Å². The first-order valence-electron chi connectivity index (χ1n) is 11.8. The quantitative estimate of drug-likeness (QED) is 0.525. The molecule has 1 amide bonds.